The van der Waals surface area contributed by atoms with Crippen LogP contribution >= 0.6 is 12.2 Å². The Morgan fingerprint density at radius 2 is 1.88 bits per heavy atom. The number of nitrogens with one attached hydrogen (secondary N) is 1. The number of aromatic nitrogens is 3. The molecule has 0 aliphatic heterocycles. The lowest BCUT2D eigenvalue weighted by Gasteiger charge is -2.13. The molecule has 3 aromatic rings. The van der Waals surface area contributed by atoms with Crippen LogP contribution in [0, 0.1) is 17.5 Å². The molecule has 1 aromatic heterocycles. The minimum atomic E-state index is -0.207. The summed E-state index contributed by atoms with van der Waals surface area (Å²) in [7, 11) is 2.05. The van der Waals surface area contributed by atoms with E-state index in [0.717, 1.165) is 17.1 Å². The molecule has 1 atom stereocenters. The Morgan fingerprint density at radius 1 is 1.12 bits per heavy atom. The normalized spacial score (nSPS) is 12.3. The van der Waals surface area contributed by atoms with Crippen molar-refractivity contribution in [2.45, 2.75) is 20.1 Å². The Labute approximate surface area is 145 Å². The summed E-state index contributed by atoms with van der Waals surface area (Å²) in [5.74, 6) is 0.644. The van der Waals surface area contributed by atoms with Crippen molar-refractivity contribution in [3.63, 3.8) is 0 Å². The van der Waals surface area contributed by atoms with E-state index in [1.165, 1.54) is 11.0 Å². The zero-order chi connectivity index (χ0) is 17.1. The predicted octanol–water partition coefficient (Wildman–Crippen LogP) is 2.52. The van der Waals surface area contributed by atoms with E-state index in [-0.39, 0.29) is 5.82 Å². The van der Waals surface area contributed by atoms with Crippen LogP contribution in [0.15, 0.2) is 54.6 Å². The first kappa shape index (κ1) is 16.5. The molecule has 0 fully saturated rings. The maximum atomic E-state index is 13.3. The quantitative estimate of drug-likeness (QED) is 0.721. The zero-order valence-electron chi connectivity index (χ0n) is 13.7. The van der Waals surface area contributed by atoms with Crippen molar-refractivity contribution in [3.05, 3.63) is 76.6 Å². The van der Waals surface area contributed by atoms with Crippen molar-refractivity contribution >= 4 is 12.2 Å². The molecule has 1 unspecified atom stereocenters. The molecule has 2 aromatic carbocycles. The minimum absolute atomic E-state index is 0.207. The molecular formula is C18H20FN4S+. The highest BCUT2D eigenvalue weighted by Crippen LogP contribution is 2.11. The number of rotatable bonds is 5. The molecule has 3 rings (SSSR count). The van der Waals surface area contributed by atoms with Gasteiger partial charge in [-0.2, -0.15) is 9.78 Å². The Balaban J connectivity index is 1.80. The number of nitrogens with zero attached hydrogens (tertiary/aromatic N) is 3. The molecule has 6 heteroatoms. The lowest BCUT2D eigenvalue weighted by atomic mass is 10.2. The third kappa shape index (κ3) is 3.60. The number of quaternary nitrogens is 1. The Kier molecular flexibility index (Phi) is 4.87. The molecule has 1 heterocycles. The number of benzene rings is 2. The van der Waals surface area contributed by atoms with Gasteiger partial charge in [-0.15, -0.1) is 0 Å². The maximum Gasteiger partial charge on any atom is 0.207 e. The summed E-state index contributed by atoms with van der Waals surface area (Å²) in [4.78, 5) is 1.18. The van der Waals surface area contributed by atoms with Crippen LogP contribution in [0.25, 0.3) is 5.69 Å². The van der Waals surface area contributed by atoms with Crippen LogP contribution in [0.5, 0.6) is 0 Å². The van der Waals surface area contributed by atoms with Gasteiger partial charge >= 0.3 is 0 Å². The number of aryl methyl sites for hydroxylation is 1. The van der Waals surface area contributed by atoms with Gasteiger partial charge in [-0.25, -0.2) is 4.39 Å². The Bertz CT molecular complexity index is 886. The largest absolute Gasteiger partial charge is 0.315 e. The average molecular weight is 343 g/mol. The number of hydrogen-bond donors (Lipinski definition) is 1. The molecule has 0 saturated heterocycles. The van der Waals surface area contributed by atoms with E-state index in [2.05, 4.69) is 5.10 Å². The van der Waals surface area contributed by atoms with Crippen molar-refractivity contribution in [2.24, 2.45) is 0 Å². The molecule has 0 aliphatic rings. The molecule has 124 valence electrons. The first-order valence-electron chi connectivity index (χ1n) is 7.82. The zero-order valence-corrected chi connectivity index (χ0v) is 14.6. The van der Waals surface area contributed by atoms with Gasteiger partial charge in [0.25, 0.3) is 0 Å². The van der Waals surface area contributed by atoms with Crippen molar-refractivity contribution in [3.8, 4) is 5.69 Å². The van der Waals surface area contributed by atoms with Crippen molar-refractivity contribution < 1.29 is 9.29 Å². The minimum Gasteiger partial charge on any atom is -0.315 e. The molecule has 0 spiro atoms. The average Bonchev–Trinajstić information content (AvgIpc) is 2.82. The van der Waals surface area contributed by atoms with E-state index in [1.807, 2.05) is 59.6 Å². The van der Waals surface area contributed by atoms with Gasteiger partial charge in [-0.05, 0) is 43.4 Å². The molecule has 1 N–H and O–H groups in total. The van der Waals surface area contributed by atoms with Crippen molar-refractivity contribution in [1.82, 2.24) is 14.3 Å². The molecule has 24 heavy (non-hydrogen) atoms. The fourth-order valence-electron chi connectivity index (χ4n) is 2.80. The molecule has 0 aliphatic carbocycles. The molecule has 0 radical (unpaired) electrons. The highest BCUT2D eigenvalue weighted by Gasteiger charge is 2.12. The van der Waals surface area contributed by atoms with E-state index in [4.69, 9.17) is 12.2 Å². The SMILES string of the molecule is Cc1nn(C[NH+](C)Cc2cccc(F)c2)c(=S)n1-c1ccccc1. The van der Waals surface area contributed by atoms with E-state index < -0.39 is 0 Å². The van der Waals surface area contributed by atoms with Gasteiger partial charge in [0.05, 0.1) is 7.05 Å². The topological polar surface area (TPSA) is 27.2 Å². The molecule has 4 nitrogen and oxygen atoms in total. The van der Waals surface area contributed by atoms with E-state index in [1.54, 1.807) is 12.1 Å². The number of halogens is 1. The van der Waals surface area contributed by atoms with Crippen LogP contribution in [-0.4, -0.2) is 21.4 Å². The van der Waals surface area contributed by atoms with E-state index in [9.17, 15) is 4.39 Å². The fourth-order valence-corrected chi connectivity index (χ4v) is 3.14. The first-order valence-corrected chi connectivity index (χ1v) is 8.23. The predicted molar refractivity (Wildman–Crippen MR) is 94.1 cm³/mol. The summed E-state index contributed by atoms with van der Waals surface area (Å²) in [6.45, 7) is 3.27. The Hall–Kier alpha value is -2.31. The summed E-state index contributed by atoms with van der Waals surface area (Å²) in [5, 5.41) is 4.57. The van der Waals surface area contributed by atoms with Crippen molar-refractivity contribution in [1.29, 1.82) is 0 Å². The second-order valence-electron chi connectivity index (χ2n) is 5.92. The van der Waals surface area contributed by atoms with Crippen LogP contribution < -0.4 is 4.90 Å². The van der Waals surface area contributed by atoms with Gasteiger partial charge < -0.3 is 4.90 Å². The highest BCUT2D eigenvalue weighted by atomic mass is 32.1. The fraction of sp³-hybridized carbons (Fsp3) is 0.222. The maximum absolute atomic E-state index is 13.3. The van der Waals surface area contributed by atoms with Crippen LogP contribution in [0.4, 0.5) is 4.39 Å². The molecule has 0 amide bonds. The lowest BCUT2D eigenvalue weighted by Crippen LogP contribution is -3.07. The van der Waals surface area contributed by atoms with Gasteiger partial charge in [0, 0.05) is 11.3 Å². The summed E-state index contributed by atoms with van der Waals surface area (Å²) < 4.78 is 17.8. The smallest absolute Gasteiger partial charge is 0.207 e. The van der Waals surface area contributed by atoms with Gasteiger partial charge in [0.15, 0.2) is 6.67 Å². The standard InChI is InChI=1S/C18H19FN4S/c1-14-20-22(18(24)23(14)17-9-4-3-5-10-17)13-21(2)12-15-7-6-8-16(19)11-15/h3-11H,12-13H2,1-2H3/p+1. The van der Waals surface area contributed by atoms with Crippen molar-refractivity contribution in [2.75, 3.05) is 7.05 Å². The Morgan fingerprint density at radius 3 is 2.58 bits per heavy atom. The summed E-state index contributed by atoms with van der Waals surface area (Å²) >= 11 is 5.59. The third-order valence-corrected chi connectivity index (χ3v) is 4.22. The first-order chi connectivity index (χ1) is 11.5. The highest BCUT2D eigenvalue weighted by molar-refractivity contribution is 7.71. The monoisotopic (exact) mass is 343 g/mol. The second-order valence-corrected chi connectivity index (χ2v) is 6.29. The van der Waals surface area contributed by atoms with Gasteiger partial charge in [0.2, 0.25) is 4.77 Å². The molecule has 0 saturated carbocycles. The number of para-hydroxylation sites is 1. The van der Waals surface area contributed by atoms with E-state index >= 15 is 0 Å². The van der Waals surface area contributed by atoms with Gasteiger partial charge in [0.1, 0.15) is 18.2 Å². The van der Waals surface area contributed by atoms with Crippen LogP contribution in [0.3, 0.4) is 0 Å². The van der Waals surface area contributed by atoms with Gasteiger partial charge in [-0.3, -0.25) is 4.57 Å². The summed E-state index contributed by atoms with van der Waals surface area (Å²) in [6.07, 6.45) is 0. The molecule has 0 bridgehead atoms. The molecular weight excluding hydrogens is 323 g/mol. The van der Waals surface area contributed by atoms with Crippen LogP contribution in [0.1, 0.15) is 11.4 Å². The van der Waals surface area contributed by atoms with E-state index in [0.29, 0.717) is 18.0 Å². The number of hydrogen-bond acceptors (Lipinski definition) is 2. The summed E-state index contributed by atoms with van der Waals surface area (Å²) in [5.41, 5.74) is 1.97. The van der Waals surface area contributed by atoms with Crippen LogP contribution in [-0.2, 0) is 13.2 Å². The van der Waals surface area contributed by atoms with Crippen LogP contribution in [0.2, 0.25) is 0 Å². The third-order valence-electron chi connectivity index (χ3n) is 3.83. The lowest BCUT2D eigenvalue weighted by molar-refractivity contribution is -0.917. The van der Waals surface area contributed by atoms with Gasteiger partial charge in [-0.1, -0.05) is 30.3 Å². The second kappa shape index (κ2) is 7.07. The summed E-state index contributed by atoms with van der Waals surface area (Å²) in [6, 6.07) is 16.7.